The molecule has 30 heavy (non-hydrogen) atoms. The van der Waals surface area contributed by atoms with E-state index >= 15 is 0 Å². The van der Waals surface area contributed by atoms with Crippen LogP contribution in [0.2, 0.25) is 0 Å². The fourth-order valence-electron chi connectivity index (χ4n) is 4.80. The van der Waals surface area contributed by atoms with Gasteiger partial charge < -0.3 is 14.5 Å². The van der Waals surface area contributed by atoms with Crippen LogP contribution in [0.4, 0.5) is 0 Å². The standard InChI is InChI=1S/C26H37NO3/c1-19(2)23(24-11-8-15-29-24)17-25(28)27-14-12-22(20-9-6-5-7-10-20)21-13-16-30-26(3,4)18-21/h5-11,15,19,21-23H,12-14,16-18H2,1-4H3,(H,27,28)/t21-,22+,23-/m0/s1. The monoisotopic (exact) mass is 411 g/mol. The summed E-state index contributed by atoms with van der Waals surface area (Å²) >= 11 is 0. The van der Waals surface area contributed by atoms with E-state index in [4.69, 9.17) is 9.15 Å². The highest BCUT2D eigenvalue weighted by atomic mass is 16.5. The fraction of sp³-hybridized carbons (Fsp3) is 0.577. The lowest BCUT2D eigenvalue weighted by Gasteiger charge is -2.39. The lowest BCUT2D eigenvalue weighted by Crippen LogP contribution is -2.37. The van der Waals surface area contributed by atoms with Gasteiger partial charge in [0.15, 0.2) is 0 Å². The third-order valence-electron chi connectivity index (χ3n) is 6.43. The van der Waals surface area contributed by atoms with E-state index in [9.17, 15) is 4.79 Å². The van der Waals surface area contributed by atoms with E-state index in [0.717, 1.165) is 31.6 Å². The first-order chi connectivity index (χ1) is 14.4. The minimum atomic E-state index is -0.0767. The van der Waals surface area contributed by atoms with E-state index in [2.05, 4.69) is 63.3 Å². The van der Waals surface area contributed by atoms with Gasteiger partial charge in [0.05, 0.1) is 11.9 Å². The molecule has 164 valence electrons. The molecule has 0 radical (unpaired) electrons. The van der Waals surface area contributed by atoms with Crippen molar-refractivity contribution in [2.45, 2.75) is 70.8 Å². The molecule has 0 spiro atoms. The highest BCUT2D eigenvalue weighted by Gasteiger charge is 2.34. The predicted molar refractivity (Wildman–Crippen MR) is 120 cm³/mol. The summed E-state index contributed by atoms with van der Waals surface area (Å²) in [6, 6.07) is 14.6. The Morgan fingerprint density at radius 3 is 2.57 bits per heavy atom. The first-order valence-corrected chi connectivity index (χ1v) is 11.3. The summed E-state index contributed by atoms with van der Waals surface area (Å²) < 4.78 is 11.5. The van der Waals surface area contributed by atoms with Gasteiger partial charge in [-0.25, -0.2) is 0 Å². The summed E-state index contributed by atoms with van der Waals surface area (Å²) in [5.74, 6) is 2.46. The molecule has 4 heteroatoms. The number of benzene rings is 1. The van der Waals surface area contributed by atoms with Crippen LogP contribution in [-0.4, -0.2) is 24.7 Å². The second kappa shape index (κ2) is 10.3. The Balaban J connectivity index is 1.59. The first-order valence-electron chi connectivity index (χ1n) is 11.3. The third kappa shape index (κ3) is 6.21. The lowest BCUT2D eigenvalue weighted by atomic mass is 9.75. The van der Waals surface area contributed by atoms with Gasteiger partial charge >= 0.3 is 0 Å². The van der Waals surface area contributed by atoms with Crippen molar-refractivity contribution in [1.82, 2.24) is 5.32 Å². The Hall–Kier alpha value is -2.07. The number of hydrogen-bond acceptors (Lipinski definition) is 3. The SMILES string of the molecule is CC(C)[C@H](CC(=O)NCC[C@H](c1ccccc1)[C@H]1CCOC(C)(C)C1)c1ccco1. The summed E-state index contributed by atoms with van der Waals surface area (Å²) in [5.41, 5.74) is 1.29. The van der Waals surface area contributed by atoms with Gasteiger partial charge in [0.2, 0.25) is 5.91 Å². The van der Waals surface area contributed by atoms with Crippen LogP contribution in [0.1, 0.15) is 76.5 Å². The second-order valence-corrected chi connectivity index (χ2v) is 9.59. The molecule has 1 aromatic heterocycles. The van der Waals surface area contributed by atoms with Crippen molar-refractivity contribution >= 4 is 5.91 Å². The fourth-order valence-corrected chi connectivity index (χ4v) is 4.80. The minimum absolute atomic E-state index is 0.0767. The van der Waals surface area contributed by atoms with E-state index in [1.165, 1.54) is 5.56 Å². The third-order valence-corrected chi connectivity index (χ3v) is 6.43. The maximum Gasteiger partial charge on any atom is 0.220 e. The minimum Gasteiger partial charge on any atom is -0.469 e. The number of nitrogens with one attached hydrogen (secondary N) is 1. The number of carbonyl (C=O) groups is 1. The van der Waals surface area contributed by atoms with Crippen molar-refractivity contribution in [2.75, 3.05) is 13.2 Å². The van der Waals surface area contributed by atoms with E-state index in [1.54, 1.807) is 6.26 Å². The normalized spacial score (nSPS) is 20.6. The summed E-state index contributed by atoms with van der Waals surface area (Å²) in [7, 11) is 0. The molecular formula is C26H37NO3. The van der Waals surface area contributed by atoms with Gasteiger partial charge in [-0.05, 0) is 68.6 Å². The van der Waals surface area contributed by atoms with Crippen LogP contribution >= 0.6 is 0 Å². The lowest BCUT2D eigenvalue weighted by molar-refractivity contribution is -0.121. The summed E-state index contributed by atoms with van der Waals surface area (Å²) in [5, 5.41) is 3.18. The van der Waals surface area contributed by atoms with Crippen LogP contribution in [0.3, 0.4) is 0 Å². The number of amides is 1. The van der Waals surface area contributed by atoms with Crippen molar-refractivity contribution in [3.8, 4) is 0 Å². The van der Waals surface area contributed by atoms with Gasteiger partial charge in [-0.15, -0.1) is 0 Å². The van der Waals surface area contributed by atoms with Crippen molar-refractivity contribution in [3.63, 3.8) is 0 Å². The van der Waals surface area contributed by atoms with Crippen molar-refractivity contribution in [1.29, 1.82) is 0 Å². The summed E-state index contributed by atoms with van der Waals surface area (Å²) in [6.07, 6.45) is 5.22. The molecule has 1 aromatic carbocycles. The largest absolute Gasteiger partial charge is 0.469 e. The van der Waals surface area contributed by atoms with Crippen LogP contribution in [-0.2, 0) is 9.53 Å². The molecule has 1 amide bonds. The van der Waals surface area contributed by atoms with Gasteiger partial charge in [0.25, 0.3) is 0 Å². The van der Waals surface area contributed by atoms with Crippen LogP contribution < -0.4 is 5.32 Å². The Morgan fingerprint density at radius 2 is 1.93 bits per heavy atom. The Bertz CT molecular complexity index is 767. The average molecular weight is 412 g/mol. The molecule has 2 aromatic rings. The predicted octanol–water partition coefficient (Wildman–Crippen LogP) is 5.90. The van der Waals surface area contributed by atoms with Gasteiger partial charge in [0.1, 0.15) is 5.76 Å². The second-order valence-electron chi connectivity index (χ2n) is 9.59. The van der Waals surface area contributed by atoms with Gasteiger partial charge in [-0.1, -0.05) is 44.2 Å². The molecule has 0 unspecified atom stereocenters. The Kier molecular flexibility index (Phi) is 7.76. The number of rotatable bonds is 9. The zero-order chi connectivity index (χ0) is 21.6. The average Bonchev–Trinajstić information content (AvgIpc) is 3.23. The Morgan fingerprint density at radius 1 is 1.17 bits per heavy atom. The maximum atomic E-state index is 12.7. The molecule has 3 rings (SSSR count). The quantitative estimate of drug-likeness (QED) is 0.558. The molecule has 1 aliphatic heterocycles. The van der Waals surface area contributed by atoms with E-state index in [0.29, 0.717) is 30.7 Å². The molecule has 1 saturated heterocycles. The van der Waals surface area contributed by atoms with E-state index in [1.807, 2.05) is 12.1 Å². The van der Waals surface area contributed by atoms with Crippen molar-refractivity contribution in [3.05, 3.63) is 60.1 Å². The molecule has 1 N–H and O–H groups in total. The molecule has 0 bridgehead atoms. The molecule has 1 fully saturated rings. The number of ether oxygens (including phenoxy) is 1. The Labute approximate surface area is 181 Å². The van der Waals surface area contributed by atoms with Gasteiger partial charge in [0, 0.05) is 25.5 Å². The smallest absolute Gasteiger partial charge is 0.220 e. The number of carbonyl (C=O) groups excluding carboxylic acids is 1. The van der Waals surface area contributed by atoms with E-state index in [-0.39, 0.29) is 17.4 Å². The molecular weight excluding hydrogens is 374 g/mol. The number of hydrogen-bond donors (Lipinski definition) is 1. The molecule has 4 nitrogen and oxygen atoms in total. The van der Waals surface area contributed by atoms with Crippen LogP contribution in [0.5, 0.6) is 0 Å². The summed E-state index contributed by atoms with van der Waals surface area (Å²) in [6.45, 7) is 10.1. The summed E-state index contributed by atoms with van der Waals surface area (Å²) in [4.78, 5) is 12.7. The topological polar surface area (TPSA) is 51.5 Å². The highest BCUT2D eigenvalue weighted by molar-refractivity contribution is 5.76. The zero-order valence-corrected chi connectivity index (χ0v) is 18.9. The highest BCUT2D eigenvalue weighted by Crippen LogP contribution is 2.39. The number of furan rings is 1. The molecule has 3 atom stereocenters. The van der Waals surface area contributed by atoms with Gasteiger partial charge in [-0.3, -0.25) is 4.79 Å². The maximum absolute atomic E-state index is 12.7. The molecule has 1 aliphatic rings. The van der Waals surface area contributed by atoms with Gasteiger partial charge in [-0.2, -0.15) is 0 Å². The zero-order valence-electron chi connectivity index (χ0n) is 18.9. The molecule has 0 saturated carbocycles. The van der Waals surface area contributed by atoms with Crippen molar-refractivity contribution < 1.29 is 13.9 Å². The van der Waals surface area contributed by atoms with Crippen LogP contribution in [0, 0.1) is 11.8 Å². The first kappa shape index (κ1) is 22.6. The van der Waals surface area contributed by atoms with Crippen molar-refractivity contribution in [2.24, 2.45) is 11.8 Å². The van der Waals surface area contributed by atoms with E-state index < -0.39 is 0 Å². The molecule has 2 heterocycles. The van der Waals surface area contributed by atoms with Crippen LogP contribution in [0.15, 0.2) is 53.1 Å². The van der Waals surface area contributed by atoms with Crippen LogP contribution in [0.25, 0.3) is 0 Å². The molecule has 0 aliphatic carbocycles.